The van der Waals surface area contributed by atoms with E-state index in [0.717, 1.165) is 23.3 Å². The third-order valence-corrected chi connectivity index (χ3v) is 4.76. The lowest BCUT2D eigenvalue weighted by molar-refractivity contribution is 0.262. The zero-order valence-corrected chi connectivity index (χ0v) is 12.6. The van der Waals surface area contributed by atoms with E-state index in [9.17, 15) is 0 Å². The molecule has 1 aromatic carbocycles. The Balaban J connectivity index is 2.24. The molecular weight excluding hydrogens is 270 g/mol. The lowest BCUT2D eigenvalue weighted by Gasteiger charge is -2.30. The molecule has 1 heterocycles. The standard InChI is InChI=1S/C16H18ClN3/c1-16(2)7-3-4-14(16)20-13-8-11(10-18)5-6-12(13)19-15(20)9-17/h5-6,8,14H,3-4,7,9H2,1-2H3. The molecule has 0 saturated heterocycles. The van der Waals surface area contributed by atoms with Crippen LogP contribution in [-0.2, 0) is 5.88 Å². The normalized spacial score (nSPS) is 21.2. The van der Waals surface area contributed by atoms with Crippen LogP contribution >= 0.6 is 11.6 Å². The van der Waals surface area contributed by atoms with E-state index >= 15 is 0 Å². The second kappa shape index (κ2) is 4.79. The third kappa shape index (κ3) is 1.99. The molecule has 1 atom stereocenters. The zero-order chi connectivity index (χ0) is 14.3. The van der Waals surface area contributed by atoms with Crippen LogP contribution in [0.1, 0.15) is 50.5 Å². The second-order valence-corrected chi connectivity index (χ2v) is 6.51. The van der Waals surface area contributed by atoms with Crippen molar-refractivity contribution in [1.82, 2.24) is 9.55 Å². The van der Waals surface area contributed by atoms with Crippen molar-refractivity contribution >= 4 is 22.6 Å². The molecule has 0 aliphatic heterocycles. The van der Waals surface area contributed by atoms with E-state index in [1.54, 1.807) is 0 Å². The van der Waals surface area contributed by atoms with Gasteiger partial charge in [0.05, 0.1) is 28.5 Å². The predicted octanol–water partition coefficient (Wildman–Crippen LogP) is 4.40. The molecule has 1 fully saturated rings. The van der Waals surface area contributed by atoms with Crippen LogP contribution < -0.4 is 0 Å². The van der Waals surface area contributed by atoms with Crippen molar-refractivity contribution in [2.24, 2.45) is 5.41 Å². The molecule has 0 N–H and O–H groups in total. The van der Waals surface area contributed by atoms with Crippen LogP contribution in [0.15, 0.2) is 18.2 Å². The minimum atomic E-state index is 0.247. The minimum Gasteiger partial charge on any atom is -0.323 e. The van der Waals surface area contributed by atoms with Crippen LogP contribution in [0, 0.1) is 16.7 Å². The van der Waals surface area contributed by atoms with Crippen molar-refractivity contribution in [3.8, 4) is 6.07 Å². The average Bonchev–Trinajstić information content (AvgIpc) is 2.96. The van der Waals surface area contributed by atoms with Crippen LogP contribution in [0.2, 0.25) is 0 Å². The molecule has 1 aromatic heterocycles. The first-order chi connectivity index (χ1) is 9.56. The van der Waals surface area contributed by atoms with Gasteiger partial charge in [-0.1, -0.05) is 20.3 Å². The molecule has 1 aliphatic carbocycles. The van der Waals surface area contributed by atoms with Gasteiger partial charge in [0, 0.05) is 6.04 Å². The summed E-state index contributed by atoms with van der Waals surface area (Å²) in [4.78, 5) is 4.64. The Morgan fingerprint density at radius 2 is 2.30 bits per heavy atom. The topological polar surface area (TPSA) is 41.6 Å². The van der Waals surface area contributed by atoms with E-state index in [2.05, 4.69) is 29.5 Å². The van der Waals surface area contributed by atoms with Crippen LogP contribution in [0.25, 0.3) is 11.0 Å². The Bertz CT molecular complexity index is 694. The summed E-state index contributed by atoms with van der Waals surface area (Å²) in [5.74, 6) is 1.32. The average molecular weight is 288 g/mol. The Morgan fingerprint density at radius 1 is 1.50 bits per heavy atom. The first-order valence-corrected chi connectivity index (χ1v) is 7.57. The van der Waals surface area contributed by atoms with Crippen LogP contribution in [0.4, 0.5) is 0 Å². The van der Waals surface area contributed by atoms with Gasteiger partial charge in [-0.25, -0.2) is 4.98 Å². The molecular formula is C16H18ClN3. The molecule has 0 spiro atoms. The van der Waals surface area contributed by atoms with Gasteiger partial charge in [-0.3, -0.25) is 0 Å². The van der Waals surface area contributed by atoms with E-state index in [4.69, 9.17) is 16.9 Å². The Kier molecular flexibility index (Phi) is 3.22. The summed E-state index contributed by atoms with van der Waals surface area (Å²) >= 11 is 6.10. The highest BCUT2D eigenvalue weighted by atomic mass is 35.5. The van der Waals surface area contributed by atoms with Gasteiger partial charge >= 0.3 is 0 Å². The fraction of sp³-hybridized carbons (Fsp3) is 0.500. The first kappa shape index (κ1) is 13.5. The maximum absolute atomic E-state index is 9.11. The highest BCUT2D eigenvalue weighted by Crippen LogP contribution is 2.47. The van der Waals surface area contributed by atoms with E-state index in [1.807, 2.05) is 18.2 Å². The molecule has 0 amide bonds. The number of imidazole rings is 1. The quantitative estimate of drug-likeness (QED) is 0.768. The van der Waals surface area contributed by atoms with E-state index in [-0.39, 0.29) is 5.41 Å². The van der Waals surface area contributed by atoms with Gasteiger partial charge < -0.3 is 4.57 Å². The van der Waals surface area contributed by atoms with Crippen LogP contribution in [-0.4, -0.2) is 9.55 Å². The number of alkyl halides is 1. The smallest absolute Gasteiger partial charge is 0.125 e. The number of hydrogen-bond acceptors (Lipinski definition) is 2. The van der Waals surface area contributed by atoms with Crippen molar-refractivity contribution in [3.63, 3.8) is 0 Å². The molecule has 20 heavy (non-hydrogen) atoms. The molecule has 4 heteroatoms. The summed E-state index contributed by atoms with van der Waals surface area (Å²) in [5.41, 5.74) is 2.90. The summed E-state index contributed by atoms with van der Waals surface area (Å²) in [6.45, 7) is 4.62. The van der Waals surface area contributed by atoms with Gasteiger partial charge in [0.1, 0.15) is 5.82 Å². The highest BCUT2D eigenvalue weighted by molar-refractivity contribution is 6.16. The fourth-order valence-corrected chi connectivity index (χ4v) is 3.63. The SMILES string of the molecule is CC1(C)CCCC1n1c(CCl)nc2ccc(C#N)cc21. The summed E-state index contributed by atoms with van der Waals surface area (Å²) in [6, 6.07) is 8.30. The van der Waals surface area contributed by atoms with Crippen molar-refractivity contribution in [3.05, 3.63) is 29.6 Å². The summed E-state index contributed by atoms with van der Waals surface area (Å²) in [5, 5.41) is 9.11. The van der Waals surface area contributed by atoms with Crippen molar-refractivity contribution in [2.75, 3.05) is 0 Å². The van der Waals surface area contributed by atoms with Gasteiger partial charge in [-0.2, -0.15) is 5.26 Å². The molecule has 1 aliphatic rings. The van der Waals surface area contributed by atoms with Gasteiger partial charge in [0.15, 0.2) is 0 Å². The summed E-state index contributed by atoms with van der Waals surface area (Å²) in [6.07, 6.45) is 3.60. The number of halogens is 1. The molecule has 0 radical (unpaired) electrons. The minimum absolute atomic E-state index is 0.247. The number of benzene rings is 1. The van der Waals surface area contributed by atoms with E-state index < -0.39 is 0 Å². The van der Waals surface area contributed by atoms with Gasteiger partial charge in [0.25, 0.3) is 0 Å². The number of nitrogens with zero attached hydrogens (tertiary/aromatic N) is 3. The van der Waals surface area contributed by atoms with E-state index in [1.165, 1.54) is 12.8 Å². The maximum atomic E-state index is 9.11. The zero-order valence-electron chi connectivity index (χ0n) is 11.9. The van der Waals surface area contributed by atoms with Crippen molar-refractivity contribution in [1.29, 1.82) is 5.26 Å². The molecule has 0 bridgehead atoms. The monoisotopic (exact) mass is 287 g/mol. The molecule has 1 unspecified atom stereocenters. The van der Waals surface area contributed by atoms with Gasteiger partial charge in [-0.15, -0.1) is 11.6 Å². The van der Waals surface area contributed by atoms with Crippen LogP contribution in [0.5, 0.6) is 0 Å². The number of hydrogen-bond donors (Lipinski definition) is 0. The highest BCUT2D eigenvalue weighted by Gasteiger charge is 2.37. The first-order valence-electron chi connectivity index (χ1n) is 7.04. The molecule has 2 aromatic rings. The number of fused-ring (bicyclic) bond motifs is 1. The lowest BCUT2D eigenvalue weighted by atomic mass is 9.87. The Hall–Kier alpha value is -1.53. The van der Waals surface area contributed by atoms with Crippen LogP contribution in [0.3, 0.4) is 0 Å². The summed E-state index contributed by atoms with van der Waals surface area (Å²) in [7, 11) is 0. The number of nitriles is 1. The molecule has 3 nitrogen and oxygen atoms in total. The Labute approximate surface area is 124 Å². The van der Waals surface area contributed by atoms with E-state index in [0.29, 0.717) is 17.5 Å². The third-order valence-electron chi connectivity index (χ3n) is 4.52. The summed E-state index contributed by atoms with van der Waals surface area (Å²) < 4.78 is 2.27. The largest absolute Gasteiger partial charge is 0.323 e. The van der Waals surface area contributed by atoms with Crippen molar-refractivity contribution < 1.29 is 0 Å². The number of rotatable bonds is 2. The molecule has 104 valence electrons. The molecule has 3 rings (SSSR count). The van der Waals surface area contributed by atoms with Gasteiger partial charge in [-0.05, 0) is 36.5 Å². The Morgan fingerprint density at radius 3 is 2.90 bits per heavy atom. The lowest BCUT2D eigenvalue weighted by Crippen LogP contribution is -2.23. The molecule has 1 saturated carbocycles. The van der Waals surface area contributed by atoms with Gasteiger partial charge in [0.2, 0.25) is 0 Å². The number of aromatic nitrogens is 2. The maximum Gasteiger partial charge on any atom is 0.125 e. The van der Waals surface area contributed by atoms with Crippen molar-refractivity contribution in [2.45, 2.75) is 45.0 Å². The fourth-order valence-electron chi connectivity index (χ4n) is 3.44. The predicted molar refractivity (Wildman–Crippen MR) is 80.7 cm³/mol. The second-order valence-electron chi connectivity index (χ2n) is 6.24.